The molecular formula is C28H31FN2O3. The normalized spacial score (nSPS) is 19.1. The molecule has 1 aliphatic rings. The van der Waals surface area contributed by atoms with E-state index in [0.717, 1.165) is 33.6 Å². The van der Waals surface area contributed by atoms with Crippen LogP contribution in [0.25, 0.3) is 11.1 Å². The summed E-state index contributed by atoms with van der Waals surface area (Å²) in [7, 11) is 0. The van der Waals surface area contributed by atoms with Gasteiger partial charge < -0.3 is 14.7 Å². The van der Waals surface area contributed by atoms with Crippen molar-refractivity contribution in [2.24, 2.45) is 0 Å². The summed E-state index contributed by atoms with van der Waals surface area (Å²) in [4.78, 5) is 19.4. The molecule has 1 fully saturated rings. The highest BCUT2D eigenvalue weighted by atomic mass is 19.1. The number of nitrogens with zero attached hydrogens (tertiary/aromatic N) is 2. The van der Waals surface area contributed by atoms with E-state index in [1.54, 1.807) is 17.0 Å². The molecule has 0 spiro atoms. The van der Waals surface area contributed by atoms with Crippen LogP contribution in [0.4, 0.5) is 9.18 Å². The molecule has 0 aliphatic carbocycles. The highest BCUT2D eigenvalue weighted by Gasteiger charge is 2.43. The van der Waals surface area contributed by atoms with Crippen LogP contribution in [0.3, 0.4) is 0 Å². The van der Waals surface area contributed by atoms with Crippen LogP contribution >= 0.6 is 0 Å². The number of aromatic nitrogens is 1. The summed E-state index contributed by atoms with van der Waals surface area (Å²) in [5.74, 6) is -0.335. The summed E-state index contributed by atoms with van der Waals surface area (Å²) in [6.07, 6.45) is 1.15. The predicted molar refractivity (Wildman–Crippen MR) is 130 cm³/mol. The summed E-state index contributed by atoms with van der Waals surface area (Å²) in [6, 6.07) is 18.2. The molecular weight excluding hydrogens is 431 g/mol. The number of benzene rings is 2. The summed E-state index contributed by atoms with van der Waals surface area (Å²) in [6.45, 7) is 6.49. The molecule has 0 bridgehead atoms. The fourth-order valence-electron chi connectivity index (χ4n) is 4.78. The minimum atomic E-state index is -0.858. The van der Waals surface area contributed by atoms with Crippen molar-refractivity contribution in [3.8, 4) is 11.1 Å². The van der Waals surface area contributed by atoms with Crippen molar-refractivity contribution in [2.75, 3.05) is 13.2 Å². The Balaban J connectivity index is 1.52. The zero-order valence-electron chi connectivity index (χ0n) is 19.9. The minimum Gasteiger partial charge on any atom is -0.438 e. The Hall–Kier alpha value is -3.25. The van der Waals surface area contributed by atoms with Gasteiger partial charge >= 0.3 is 6.09 Å². The third kappa shape index (κ3) is 4.82. The van der Waals surface area contributed by atoms with Gasteiger partial charge in [-0.05, 0) is 68.5 Å². The highest BCUT2D eigenvalue weighted by molar-refractivity contribution is 5.70. The number of carbonyl (C=O) groups excluding carboxylic acids is 1. The van der Waals surface area contributed by atoms with Crippen molar-refractivity contribution >= 4 is 6.09 Å². The van der Waals surface area contributed by atoms with Gasteiger partial charge in [-0.15, -0.1) is 0 Å². The van der Waals surface area contributed by atoms with Crippen LogP contribution in [-0.2, 0) is 10.3 Å². The van der Waals surface area contributed by atoms with Gasteiger partial charge in [-0.3, -0.25) is 4.98 Å². The second-order valence-electron chi connectivity index (χ2n) is 9.02. The number of aliphatic hydroxyl groups is 1. The fourth-order valence-corrected chi connectivity index (χ4v) is 4.78. The topological polar surface area (TPSA) is 62.7 Å². The maximum atomic E-state index is 13.5. The largest absolute Gasteiger partial charge is 0.438 e. The molecule has 6 heteroatoms. The SMILES string of the molecule is Cc1ccc(-c2ccc([C@H](C)N3CC[C@](CCCO)(c4ccc(F)cc4)OC3=O)cc2)c(C)n1. The molecule has 2 atom stereocenters. The van der Waals surface area contributed by atoms with E-state index in [2.05, 4.69) is 23.2 Å². The number of pyridine rings is 1. The lowest BCUT2D eigenvalue weighted by atomic mass is 9.84. The first kappa shape index (κ1) is 23.9. The molecule has 1 amide bonds. The average molecular weight is 463 g/mol. The molecule has 2 heterocycles. The molecule has 5 nitrogen and oxygen atoms in total. The Kier molecular flexibility index (Phi) is 6.98. The molecule has 2 aromatic carbocycles. The number of halogens is 1. The van der Waals surface area contributed by atoms with Crippen LogP contribution in [0.15, 0.2) is 60.7 Å². The van der Waals surface area contributed by atoms with E-state index in [1.807, 2.05) is 39.0 Å². The van der Waals surface area contributed by atoms with Gasteiger partial charge in [-0.1, -0.05) is 42.5 Å². The number of aliphatic hydroxyl groups excluding tert-OH is 1. The number of ether oxygens (including phenoxy) is 1. The predicted octanol–water partition coefficient (Wildman–Crippen LogP) is 6.08. The van der Waals surface area contributed by atoms with Gasteiger partial charge in [0.2, 0.25) is 0 Å². The van der Waals surface area contributed by atoms with E-state index < -0.39 is 11.7 Å². The number of cyclic esters (lactones) is 1. The van der Waals surface area contributed by atoms with E-state index in [-0.39, 0.29) is 18.5 Å². The smallest absolute Gasteiger partial charge is 0.411 e. The molecule has 0 radical (unpaired) electrons. The maximum absolute atomic E-state index is 13.5. The molecule has 1 N–H and O–H groups in total. The second-order valence-corrected chi connectivity index (χ2v) is 9.02. The first-order chi connectivity index (χ1) is 16.3. The maximum Gasteiger partial charge on any atom is 0.411 e. The highest BCUT2D eigenvalue weighted by Crippen LogP contribution is 2.40. The summed E-state index contributed by atoms with van der Waals surface area (Å²) < 4.78 is 19.5. The van der Waals surface area contributed by atoms with E-state index in [1.165, 1.54) is 12.1 Å². The zero-order chi connectivity index (χ0) is 24.3. The van der Waals surface area contributed by atoms with Crippen molar-refractivity contribution in [1.82, 2.24) is 9.88 Å². The van der Waals surface area contributed by atoms with E-state index in [9.17, 15) is 14.3 Å². The second kappa shape index (κ2) is 9.94. The van der Waals surface area contributed by atoms with Crippen molar-refractivity contribution in [1.29, 1.82) is 0 Å². The number of hydrogen-bond acceptors (Lipinski definition) is 4. The van der Waals surface area contributed by atoms with Gasteiger partial charge in [0.15, 0.2) is 0 Å². The number of rotatable bonds is 7. The molecule has 34 heavy (non-hydrogen) atoms. The molecule has 0 unspecified atom stereocenters. The van der Waals surface area contributed by atoms with Crippen LogP contribution in [0.1, 0.15) is 54.7 Å². The summed E-state index contributed by atoms with van der Waals surface area (Å²) >= 11 is 0. The molecule has 4 rings (SSSR count). The quantitative estimate of drug-likeness (QED) is 0.462. The molecule has 178 valence electrons. The third-order valence-corrected chi connectivity index (χ3v) is 6.78. The first-order valence-electron chi connectivity index (χ1n) is 11.7. The van der Waals surface area contributed by atoms with Gasteiger partial charge in [-0.2, -0.15) is 0 Å². The van der Waals surface area contributed by atoms with E-state index in [4.69, 9.17) is 4.74 Å². The van der Waals surface area contributed by atoms with Crippen molar-refractivity contribution in [3.63, 3.8) is 0 Å². The van der Waals surface area contributed by atoms with Crippen LogP contribution < -0.4 is 0 Å². The van der Waals surface area contributed by atoms with E-state index >= 15 is 0 Å². The molecule has 1 saturated heterocycles. The van der Waals surface area contributed by atoms with Crippen molar-refractivity contribution in [3.05, 3.63) is 89.0 Å². The summed E-state index contributed by atoms with van der Waals surface area (Å²) in [5, 5.41) is 9.38. The van der Waals surface area contributed by atoms with Gasteiger partial charge in [-0.25, -0.2) is 9.18 Å². The van der Waals surface area contributed by atoms with Crippen LogP contribution in [0, 0.1) is 19.7 Å². The lowest BCUT2D eigenvalue weighted by Crippen LogP contribution is -2.48. The average Bonchev–Trinajstić information content (AvgIpc) is 2.83. The van der Waals surface area contributed by atoms with E-state index in [0.29, 0.717) is 25.8 Å². The molecule has 1 aliphatic heterocycles. The van der Waals surface area contributed by atoms with Crippen molar-refractivity contribution in [2.45, 2.75) is 51.7 Å². The molecule has 0 saturated carbocycles. The number of aryl methyl sites for hydroxylation is 2. The zero-order valence-corrected chi connectivity index (χ0v) is 19.9. The number of amides is 1. The Morgan fingerprint density at radius 3 is 2.41 bits per heavy atom. The van der Waals surface area contributed by atoms with Crippen molar-refractivity contribution < 1.29 is 19.0 Å². The van der Waals surface area contributed by atoms with Gasteiger partial charge in [0, 0.05) is 36.5 Å². The third-order valence-electron chi connectivity index (χ3n) is 6.78. The van der Waals surface area contributed by atoms with Gasteiger partial charge in [0.05, 0.1) is 6.04 Å². The Morgan fingerprint density at radius 1 is 1.09 bits per heavy atom. The first-order valence-corrected chi connectivity index (χ1v) is 11.7. The number of carbonyl (C=O) groups is 1. The molecule has 1 aromatic heterocycles. The van der Waals surface area contributed by atoms with Gasteiger partial charge in [0.1, 0.15) is 11.4 Å². The number of hydrogen-bond donors (Lipinski definition) is 1. The summed E-state index contributed by atoms with van der Waals surface area (Å²) in [5.41, 5.74) is 5.07. The Morgan fingerprint density at radius 2 is 1.79 bits per heavy atom. The lowest BCUT2D eigenvalue weighted by molar-refractivity contribution is -0.0680. The Bertz CT molecular complexity index is 1150. The standard InChI is InChI=1S/C28H31FN2O3/c1-19-5-14-26(20(2)30-19)23-8-6-22(7-9-23)21(3)31-17-16-28(15-4-18-32,34-27(31)33)24-10-12-25(29)13-11-24/h5-14,21,32H,4,15-18H2,1-3H3/t21-,28+/m0/s1. The minimum absolute atomic E-state index is 0.00291. The lowest BCUT2D eigenvalue weighted by Gasteiger charge is -2.43. The van der Waals surface area contributed by atoms with Crippen LogP contribution in [0.2, 0.25) is 0 Å². The van der Waals surface area contributed by atoms with Crippen LogP contribution in [0.5, 0.6) is 0 Å². The Labute approximate surface area is 200 Å². The monoisotopic (exact) mass is 462 g/mol. The fraction of sp³-hybridized carbons (Fsp3) is 0.357. The molecule has 3 aromatic rings. The van der Waals surface area contributed by atoms with Crippen LogP contribution in [-0.4, -0.2) is 34.2 Å². The van der Waals surface area contributed by atoms with Gasteiger partial charge in [0.25, 0.3) is 0 Å².